The Morgan fingerprint density at radius 3 is 2.52 bits per heavy atom. The van der Waals surface area contributed by atoms with Crippen LogP contribution in [0, 0.1) is 13.8 Å². The van der Waals surface area contributed by atoms with Crippen molar-refractivity contribution in [2.75, 3.05) is 26.2 Å². The van der Waals surface area contributed by atoms with Gasteiger partial charge in [-0.05, 0) is 66.1 Å². The largest absolute Gasteiger partial charge is 0.299 e. The Kier molecular flexibility index (Phi) is 4.65. The van der Waals surface area contributed by atoms with Gasteiger partial charge >= 0.3 is 0 Å². The quantitative estimate of drug-likeness (QED) is 0.852. The van der Waals surface area contributed by atoms with Crippen molar-refractivity contribution in [2.24, 2.45) is 0 Å². The molecule has 4 nitrogen and oxygen atoms in total. The maximum atomic E-state index is 4.67. The molecule has 1 aromatic rings. The molecule has 0 saturated carbocycles. The van der Waals surface area contributed by atoms with Crippen molar-refractivity contribution in [2.45, 2.75) is 65.6 Å². The fraction of sp³-hybridized carbons (Fsp3) is 0.824. The van der Waals surface area contributed by atoms with Gasteiger partial charge in [-0.25, -0.2) is 0 Å². The van der Waals surface area contributed by atoms with Gasteiger partial charge in [0.25, 0.3) is 0 Å². The van der Waals surface area contributed by atoms with Gasteiger partial charge in [0.2, 0.25) is 0 Å². The highest BCUT2D eigenvalue weighted by Gasteiger charge is 2.27. The molecule has 2 aliphatic heterocycles. The van der Waals surface area contributed by atoms with Crippen LogP contribution in [0.1, 0.15) is 49.6 Å². The first-order chi connectivity index (χ1) is 10.2. The van der Waals surface area contributed by atoms with Gasteiger partial charge in [-0.2, -0.15) is 5.10 Å². The van der Waals surface area contributed by atoms with Crippen LogP contribution in [0.3, 0.4) is 0 Å². The molecule has 3 rings (SSSR count). The van der Waals surface area contributed by atoms with Crippen molar-refractivity contribution in [3.05, 3.63) is 17.0 Å². The molecule has 3 heterocycles. The molecule has 2 aliphatic rings. The first-order valence-corrected chi connectivity index (χ1v) is 8.68. The normalized spacial score (nSPS) is 24.8. The lowest BCUT2D eigenvalue weighted by atomic mass is 10.0. The molecule has 0 bridgehead atoms. The highest BCUT2D eigenvalue weighted by atomic mass is 15.3. The highest BCUT2D eigenvalue weighted by molar-refractivity contribution is 5.24. The van der Waals surface area contributed by atoms with E-state index in [1.54, 1.807) is 0 Å². The van der Waals surface area contributed by atoms with Crippen LogP contribution in [0.2, 0.25) is 0 Å². The topological polar surface area (TPSA) is 24.3 Å². The number of hydrogen-bond acceptors (Lipinski definition) is 3. The van der Waals surface area contributed by atoms with Crippen LogP contribution in [0.25, 0.3) is 0 Å². The van der Waals surface area contributed by atoms with E-state index in [9.17, 15) is 0 Å². The Morgan fingerprint density at radius 1 is 1.10 bits per heavy atom. The second kappa shape index (κ2) is 6.49. The molecule has 0 spiro atoms. The van der Waals surface area contributed by atoms with Crippen molar-refractivity contribution >= 4 is 0 Å². The first-order valence-electron chi connectivity index (χ1n) is 8.68. The summed E-state index contributed by atoms with van der Waals surface area (Å²) in [5.41, 5.74) is 4.04. The van der Waals surface area contributed by atoms with Crippen molar-refractivity contribution in [1.29, 1.82) is 0 Å². The van der Waals surface area contributed by atoms with E-state index in [1.807, 2.05) is 0 Å². The maximum Gasteiger partial charge on any atom is 0.0641 e. The summed E-state index contributed by atoms with van der Waals surface area (Å²) in [6.45, 7) is 13.8. The van der Waals surface area contributed by atoms with Gasteiger partial charge in [-0.15, -0.1) is 0 Å². The molecule has 0 amide bonds. The summed E-state index contributed by atoms with van der Waals surface area (Å²) in [5, 5.41) is 4.67. The minimum Gasteiger partial charge on any atom is -0.299 e. The molecule has 0 N–H and O–H groups in total. The third kappa shape index (κ3) is 3.16. The Morgan fingerprint density at radius 2 is 1.86 bits per heavy atom. The molecule has 4 heteroatoms. The Balaban J connectivity index is 1.65. The summed E-state index contributed by atoms with van der Waals surface area (Å²) in [6.07, 6.45) is 5.54. The molecular formula is C17H30N4. The van der Waals surface area contributed by atoms with Crippen molar-refractivity contribution in [3.63, 3.8) is 0 Å². The van der Waals surface area contributed by atoms with Gasteiger partial charge in [0.15, 0.2) is 0 Å². The van der Waals surface area contributed by atoms with E-state index in [0.29, 0.717) is 0 Å². The molecule has 1 aromatic heterocycles. The van der Waals surface area contributed by atoms with E-state index >= 15 is 0 Å². The zero-order valence-corrected chi connectivity index (χ0v) is 13.9. The lowest BCUT2D eigenvalue weighted by molar-refractivity contribution is 0.110. The van der Waals surface area contributed by atoms with Crippen LogP contribution in [0.4, 0.5) is 0 Å². The van der Waals surface area contributed by atoms with Gasteiger partial charge in [-0.1, -0.05) is 0 Å². The zero-order valence-electron chi connectivity index (χ0n) is 13.9. The molecule has 21 heavy (non-hydrogen) atoms. The van der Waals surface area contributed by atoms with Crippen LogP contribution < -0.4 is 0 Å². The predicted octanol–water partition coefficient (Wildman–Crippen LogP) is 2.58. The van der Waals surface area contributed by atoms with E-state index in [0.717, 1.165) is 19.1 Å². The fourth-order valence-electron chi connectivity index (χ4n) is 4.07. The minimum atomic E-state index is 0.795. The summed E-state index contributed by atoms with van der Waals surface area (Å²) in [5.74, 6) is 0. The van der Waals surface area contributed by atoms with Crippen LogP contribution in [0.5, 0.6) is 0 Å². The van der Waals surface area contributed by atoms with Crippen LogP contribution >= 0.6 is 0 Å². The Bertz CT molecular complexity index is 473. The predicted molar refractivity (Wildman–Crippen MR) is 86.5 cm³/mol. The van der Waals surface area contributed by atoms with E-state index in [4.69, 9.17) is 0 Å². The zero-order chi connectivity index (χ0) is 14.8. The van der Waals surface area contributed by atoms with Crippen molar-refractivity contribution < 1.29 is 0 Å². The molecule has 2 saturated heterocycles. The van der Waals surface area contributed by atoms with Gasteiger partial charge in [0.1, 0.15) is 0 Å². The molecule has 0 radical (unpaired) electrons. The summed E-state index contributed by atoms with van der Waals surface area (Å²) in [6, 6.07) is 0.795. The average molecular weight is 290 g/mol. The van der Waals surface area contributed by atoms with E-state index in [1.165, 1.54) is 68.8 Å². The number of likely N-dealkylation sites (tertiary alicyclic amines) is 2. The van der Waals surface area contributed by atoms with Crippen molar-refractivity contribution in [3.8, 4) is 0 Å². The smallest absolute Gasteiger partial charge is 0.0641 e. The lowest BCUT2D eigenvalue weighted by Gasteiger charge is -2.37. The number of aryl methyl sites for hydroxylation is 2. The van der Waals surface area contributed by atoms with E-state index in [2.05, 4.69) is 40.4 Å². The Hall–Kier alpha value is -0.870. The second-order valence-electron chi connectivity index (χ2n) is 6.74. The summed E-state index contributed by atoms with van der Waals surface area (Å²) in [7, 11) is 0. The Labute approximate surface area is 129 Å². The molecule has 118 valence electrons. The van der Waals surface area contributed by atoms with Gasteiger partial charge in [0.05, 0.1) is 5.69 Å². The number of nitrogens with zero attached hydrogens (tertiary/aromatic N) is 4. The number of piperidine rings is 1. The first kappa shape index (κ1) is 15.0. The SMILES string of the molecule is CCn1nc(C)c(CN2CCCC(N3CCCC3)C2)c1C. The number of aromatic nitrogens is 2. The highest BCUT2D eigenvalue weighted by Crippen LogP contribution is 2.23. The summed E-state index contributed by atoms with van der Waals surface area (Å²) < 4.78 is 2.15. The standard InChI is InChI=1S/C17H30N4/c1-4-21-15(3)17(14(2)18-21)13-19-9-7-8-16(12-19)20-10-5-6-11-20/h16H,4-13H2,1-3H3. The third-order valence-corrected chi connectivity index (χ3v) is 5.35. The average Bonchev–Trinajstić information content (AvgIpc) is 3.11. The lowest BCUT2D eigenvalue weighted by Crippen LogP contribution is -2.46. The molecular weight excluding hydrogens is 260 g/mol. The number of hydrogen-bond donors (Lipinski definition) is 0. The summed E-state index contributed by atoms with van der Waals surface area (Å²) in [4.78, 5) is 5.38. The molecule has 1 atom stereocenters. The molecule has 1 unspecified atom stereocenters. The summed E-state index contributed by atoms with van der Waals surface area (Å²) >= 11 is 0. The maximum absolute atomic E-state index is 4.67. The van der Waals surface area contributed by atoms with E-state index < -0.39 is 0 Å². The third-order valence-electron chi connectivity index (χ3n) is 5.35. The van der Waals surface area contributed by atoms with Crippen LogP contribution in [-0.4, -0.2) is 51.8 Å². The molecule has 2 fully saturated rings. The fourth-order valence-corrected chi connectivity index (χ4v) is 4.07. The van der Waals surface area contributed by atoms with Gasteiger partial charge in [0, 0.05) is 36.9 Å². The molecule has 0 aromatic carbocycles. The van der Waals surface area contributed by atoms with Gasteiger partial charge in [-0.3, -0.25) is 14.5 Å². The van der Waals surface area contributed by atoms with Crippen LogP contribution in [-0.2, 0) is 13.1 Å². The van der Waals surface area contributed by atoms with Crippen molar-refractivity contribution in [1.82, 2.24) is 19.6 Å². The number of rotatable bonds is 4. The minimum absolute atomic E-state index is 0.795. The van der Waals surface area contributed by atoms with Gasteiger partial charge < -0.3 is 0 Å². The second-order valence-corrected chi connectivity index (χ2v) is 6.74. The molecule has 0 aliphatic carbocycles. The monoisotopic (exact) mass is 290 g/mol. The van der Waals surface area contributed by atoms with Crippen LogP contribution in [0.15, 0.2) is 0 Å². The van der Waals surface area contributed by atoms with E-state index in [-0.39, 0.29) is 0 Å².